The van der Waals surface area contributed by atoms with E-state index in [1.165, 1.54) is 12.0 Å². The predicted molar refractivity (Wildman–Crippen MR) is 67.5 cm³/mol. The summed E-state index contributed by atoms with van der Waals surface area (Å²) in [5.41, 5.74) is 0. The van der Waals surface area contributed by atoms with Crippen LogP contribution in [0.1, 0.15) is 12.8 Å². The highest BCUT2D eigenvalue weighted by Crippen LogP contribution is 2.17. The third-order valence-electron chi connectivity index (χ3n) is 3.07. The van der Waals surface area contributed by atoms with Crippen LogP contribution in [0.5, 0.6) is 0 Å². The number of sulfone groups is 1. The fourth-order valence-corrected chi connectivity index (χ4v) is 3.09. The van der Waals surface area contributed by atoms with Crippen LogP contribution in [0.25, 0.3) is 0 Å². The van der Waals surface area contributed by atoms with Crippen LogP contribution in [0.4, 0.5) is 0 Å². The van der Waals surface area contributed by atoms with Crippen LogP contribution >= 0.6 is 0 Å². The molecule has 0 aromatic carbocycles. The molecule has 1 aliphatic rings. The Morgan fingerprint density at radius 2 is 2.11 bits per heavy atom. The number of likely N-dealkylation sites (tertiary alicyclic amines) is 1. The van der Waals surface area contributed by atoms with Crippen molar-refractivity contribution in [2.45, 2.75) is 12.8 Å². The maximum absolute atomic E-state index is 11.9. The van der Waals surface area contributed by atoms with Gasteiger partial charge >= 0.3 is 5.97 Å². The number of nitrogens with zero attached hydrogens (tertiary/aromatic N) is 1. The van der Waals surface area contributed by atoms with Gasteiger partial charge in [-0.15, -0.1) is 0 Å². The maximum atomic E-state index is 11.9. The van der Waals surface area contributed by atoms with E-state index in [1.54, 1.807) is 0 Å². The fourth-order valence-electron chi connectivity index (χ4n) is 1.97. The number of amides is 1. The molecule has 0 aromatic rings. The molecule has 0 bridgehead atoms. The van der Waals surface area contributed by atoms with E-state index in [-0.39, 0.29) is 18.9 Å². The molecule has 0 spiro atoms. The topological polar surface area (TPSA) is 101 Å². The third-order valence-corrected chi connectivity index (χ3v) is 4.54. The van der Waals surface area contributed by atoms with Gasteiger partial charge in [-0.1, -0.05) is 0 Å². The minimum atomic E-state index is -3.49. The molecule has 7 nitrogen and oxygen atoms in total. The summed E-state index contributed by atoms with van der Waals surface area (Å²) in [4.78, 5) is 24.1. The number of ether oxygens (including phenoxy) is 1. The van der Waals surface area contributed by atoms with E-state index in [4.69, 9.17) is 5.11 Å². The third kappa shape index (κ3) is 5.15. The van der Waals surface area contributed by atoms with E-state index in [0.717, 1.165) is 0 Å². The number of hydrogen-bond acceptors (Lipinski definition) is 5. The van der Waals surface area contributed by atoms with Crippen LogP contribution in [-0.4, -0.2) is 68.6 Å². The average molecular weight is 293 g/mol. The van der Waals surface area contributed by atoms with Gasteiger partial charge in [0.25, 0.3) is 0 Å². The molecule has 0 aromatic heterocycles. The second kappa shape index (κ2) is 6.85. The molecule has 1 fully saturated rings. The number of aliphatic carboxylic acids is 1. The van der Waals surface area contributed by atoms with E-state index in [0.29, 0.717) is 19.4 Å². The average Bonchev–Trinajstić information content (AvgIpc) is 2.36. The molecule has 1 N–H and O–H groups in total. The number of carboxylic acid groups (broad SMARTS) is 1. The van der Waals surface area contributed by atoms with Gasteiger partial charge in [-0.2, -0.15) is 0 Å². The Kier molecular flexibility index (Phi) is 5.74. The molecule has 0 aliphatic carbocycles. The van der Waals surface area contributed by atoms with Gasteiger partial charge < -0.3 is 14.7 Å². The number of carbonyl (C=O) groups excluding carboxylic acids is 1. The fraction of sp³-hybridized carbons (Fsp3) is 0.818. The molecule has 1 unspecified atom stereocenters. The molecule has 1 amide bonds. The van der Waals surface area contributed by atoms with Crippen LogP contribution < -0.4 is 0 Å². The Morgan fingerprint density at radius 1 is 1.42 bits per heavy atom. The zero-order valence-electron chi connectivity index (χ0n) is 10.9. The molecular formula is C11H19NO6S. The SMILES string of the molecule is COCCS(=O)(=O)CC(=O)N1CCCC(C(=O)O)C1. The molecule has 1 atom stereocenters. The van der Waals surface area contributed by atoms with E-state index >= 15 is 0 Å². The van der Waals surface area contributed by atoms with Crippen molar-refractivity contribution in [1.82, 2.24) is 4.90 Å². The lowest BCUT2D eigenvalue weighted by atomic mass is 9.98. The van der Waals surface area contributed by atoms with Crippen LogP contribution in [0.2, 0.25) is 0 Å². The van der Waals surface area contributed by atoms with Gasteiger partial charge in [0.2, 0.25) is 5.91 Å². The highest BCUT2D eigenvalue weighted by atomic mass is 32.2. The van der Waals surface area contributed by atoms with Crippen molar-refractivity contribution in [3.63, 3.8) is 0 Å². The highest BCUT2D eigenvalue weighted by Gasteiger charge is 2.30. The summed E-state index contributed by atoms with van der Waals surface area (Å²) in [5, 5.41) is 8.91. The van der Waals surface area contributed by atoms with Crippen molar-refractivity contribution in [3.8, 4) is 0 Å². The Bertz CT molecular complexity index is 432. The van der Waals surface area contributed by atoms with Crippen molar-refractivity contribution in [2.75, 3.05) is 38.3 Å². The Balaban J connectivity index is 2.55. The zero-order chi connectivity index (χ0) is 14.5. The van der Waals surface area contributed by atoms with Gasteiger partial charge in [-0.25, -0.2) is 8.42 Å². The Morgan fingerprint density at radius 3 is 2.68 bits per heavy atom. The summed E-state index contributed by atoms with van der Waals surface area (Å²) in [6, 6.07) is 0. The number of methoxy groups -OCH3 is 1. The van der Waals surface area contributed by atoms with Crippen molar-refractivity contribution in [1.29, 1.82) is 0 Å². The summed E-state index contributed by atoms with van der Waals surface area (Å²) < 4.78 is 27.9. The van der Waals surface area contributed by atoms with E-state index < -0.39 is 33.4 Å². The number of rotatable bonds is 6. The van der Waals surface area contributed by atoms with E-state index in [2.05, 4.69) is 4.74 Å². The molecule has 1 rings (SSSR count). The van der Waals surface area contributed by atoms with Gasteiger partial charge in [0.1, 0.15) is 5.75 Å². The Hall–Kier alpha value is -1.15. The first-order valence-corrected chi connectivity index (χ1v) is 7.88. The number of carbonyl (C=O) groups is 2. The summed E-state index contributed by atoms with van der Waals surface area (Å²) in [5.74, 6) is -2.85. The lowest BCUT2D eigenvalue weighted by molar-refractivity contribution is -0.145. The second-order valence-corrected chi connectivity index (χ2v) is 6.79. The second-order valence-electron chi connectivity index (χ2n) is 4.60. The first kappa shape index (κ1) is 15.9. The van der Waals surface area contributed by atoms with Crippen LogP contribution in [0.15, 0.2) is 0 Å². The normalized spacial score (nSPS) is 20.3. The molecule has 0 radical (unpaired) electrons. The van der Waals surface area contributed by atoms with Crippen molar-refractivity contribution in [2.24, 2.45) is 5.92 Å². The standard InChI is InChI=1S/C11H19NO6S/c1-18-5-6-19(16,17)8-10(13)12-4-2-3-9(7-12)11(14)15/h9H,2-8H2,1H3,(H,14,15). The van der Waals surface area contributed by atoms with Crippen molar-refractivity contribution >= 4 is 21.7 Å². The minimum absolute atomic E-state index is 0.0490. The van der Waals surface area contributed by atoms with Crippen molar-refractivity contribution < 1.29 is 27.9 Å². The van der Waals surface area contributed by atoms with Crippen molar-refractivity contribution in [3.05, 3.63) is 0 Å². The minimum Gasteiger partial charge on any atom is -0.481 e. The predicted octanol–water partition coefficient (Wildman–Crippen LogP) is -0.629. The lowest BCUT2D eigenvalue weighted by Crippen LogP contribution is -2.44. The highest BCUT2D eigenvalue weighted by molar-refractivity contribution is 7.92. The summed E-state index contributed by atoms with van der Waals surface area (Å²) in [7, 11) is -2.11. The molecule has 1 heterocycles. The van der Waals surface area contributed by atoms with Crippen LogP contribution in [0, 0.1) is 5.92 Å². The lowest BCUT2D eigenvalue weighted by Gasteiger charge is -2.30. The number of carboxylic acids is 1. The summed E-state index contributed by atoms with van der Waals surface area (Å²) in [6.07, 6.45) is 1.11. The first-order chi connectivity index (χ1) is 8.85. The first-order valence-electron chi connectivity index (χ1n) is 6.05. The molecule has 110 valence electrons. The summed E-state index contributed by atoms with van der Waals surface area (Å²) in [6.45, 7) is 0.559. The molecule has 1 saturated heterocycles. The monoisotopic (exact) mass is 293 g/mol. The zero-order valence-corrected chi connectivity index (χ0v) is 11.7. The van der Waals surface area contributed by atoms with Crippen LogP contribution in [0.3, 0.4) is 0 Å². The van der Waals surface area contributed by atoms with Gasteiger partial charge in [0, 0.05) is 20.2 Å². The van der Waals surface area contributed by atoms with Gasteiger partial charge in [0.05, 0.1) is 18.3 Å². The molecule has 8 heteroatoms. The van der Waals surface area contributed by atoms with E-state index in [1.807, 2.05) is 0 Å². The van der Waals surface area contributed by atoms with Gasteiger partial charge in [0.15, 0.2) is 9.84 Å². The molecule has 19 heavy (non-hydrogen) atoms. The molecule has 1 aliphatic heterocycles. The number of hydrogen-bond donors (Lipinski definition) is 1. The van der Waals surface area contributed by atoms with Crippen LogP contribution in [-0.2, 0) is 24.2 Å². The molecule has 0 saturated carbocycles. The Labute approximate surface area is 112 Å². The maximum Gasteiger partial charge on any atom is 0.308 e. The van der Waals surface area contributed by atoms with Gasteiger partial charge in [-0.3, -0.25) is 9.59 Å². The quantitative estimate of drug-likeness (QED) is 0.700. The number of piperidine rings is 1. The molecular weight excluding hydrogens is 274 g/mol. The smallest absolute Gasteiger partial charge is 0.308 e. The van der Waals surface area contributed by atoms with E-state index in [9.17, 15) is 18.0 Å². The van der Waals surface area contributed by atoms with Gasteiger partial charge in [-0.05, 0) is 12.8 Å². The summed E-state index contributed by atoms with van der Waals surface area (Å²) >= 11 is 0. The largest absolute Gasteiger partial charge is 0.481 e.